The average Bonchev–Trinajstić information content (AvgIpc) is 2.53. The van der Waals surface area contributed by atoms with Crippen LogP contribution in [0.15, 0.2) is 12.3 Å². The van der Waals surface area contributed by atoms with E-state index < -0.39 is 5.60 Å². The van der Waals surface area contributed by atoms with Crippen molar-refractivity contribution in [3.63, 3.8) is 0 Å². The van der Waals surface area contributed by atoms with Crippen LogP contribution in [0, 0.1) is 25.2 Å². The molecule has 1 aromatic rings. The fraction of sp³-hybridized carbons (Fsp3) is 0.714. The van der Waals surface area contributed by atoms with E-state index in [2.05, 4.69) is 11.1 Å². The number of aryl methyl sites for hydroxylation is 2. The van der Waals surface area contributed by atoms with Gasteiger partial charge >= 0.3 is 0 Å². The van der Waals surface area contributed by atoms with Crippen molar-refractivity contribution in [1.82, 2.24) is 9.88 Å². The number of carbonyl (C=O) groups is 1. The topological polar surface area (TPSA) is 62.7 Å². The van der Waals surface area contributed by atoms with E-state index in [9.17, 15) is 9.90 Å². The van der Waals surface area contributed by atoms with Crippen molar-refractivity contribution in [1.29, 1.82) is 0 Å². The minimum Gasteiger partial charge on any atom is -0.474 e. The molecule has 1 aromatic heterocycles. The lowest BCUT2D eigenvalue weighted by molar-refractivity contribution is -0.164. The number of pyridine rings is 1. The highest BCUT2D eigenvalue weighted by Gasteiger charge is 2.51. The van der Waals surface area contributed by atoms with Crippen molar-refractivity contribution < 1.29 is 14.6 Å². The number of carbonyl (C=O) groups excluding carboxylic acids is 1. The van der Waals surface area contributed by atoms with Crippen LogP contribution in [0.1, 0.15) is 56.6 Å². The van der Waals surface area contributed by atoms with E-state index in [1.807, 2.05) is 31.9 Å². The van der Waals surface area contributed by atoms with Crippen molar-refractivity contribution in [3.8, 4) is 5.88 Å². The molecule has 0 atom stereocenters. The molecule has 5 heteroatoms. The van der Waals surface area contributed by atoms with E-state index >= 15 is 0 Å². The second kappa shape index (κ2) is 6.22. The fourth-order valence-corrected chi connectivity index (χ4v) is 4.98. The Morgan fingerprint density at radius 1 is 1.27 bits per heavy atom. The van der Waals surface area contributed by atoms with Crippen LogP contribution in [-0.2, 0) is 4.79 Å². The van der Waals surface area contributed by atoms with Crippen LogP contribution < -0.4 is 4.74 Å². The Kier molecular flexibility index (Phi) is 4.25. The lowest BCUT2D eigenvalue weighted by Crippen LogP contribution is -2.63. The number of amides is 1. The van der Waals surface area contributed by atoms with Gasteiger partial charge < -0.3 is 14.7 Å². The van der Waals surface area contributed by atoms with Crippen molar-refractivity contribution in [2.24, 2.45) is 11.3 Å². The highest BCUT2D eigenvalue weighted by Crippen LogP contribution is 2.47. The molecule has 1 spiro atoms. The smallest absolute Gasteiger partial charge is 0.225 e. The monoisotopic (exact) mass is 358 g/mol. The van der Waals surface area contributed by atoms with E-state index in [0.717, 1.165) is 55.8 Å². The Bertz CT molecular complexity index is 691. The summed E-state index contributed by atoms with van der Waals surface area (Å²) >= 11 is 0. The van der Waals surface area contributed by atoms with Gasteiger partial charge in [0.25, 0.3) is 0 Å². The van der Waals surface area contributed by atoms with Crippen LogP contribution >= 0.6 is 0 Å². The summed E-state index contributed by atoms with van der Waals surface area (Å²) in [5.74, 6) is 1.05. The molecule has 0 unspecified atom stereocenters. The van der Waals surface area contributed by atoms with Crippen molar-refractivity contribution in [2.75, 3.05) is 13.1 Å². The Morgan fingerprint density at radius 3 is 2.50 bits per heavy atom. The number of hydrogen-bond donors (Lipinski definition) is 1. The maximum atomic E-state index is 12.5. The van der Waals surface area contributed by atoms with Gasteiger partial charge in [-0.2, -0.15) is 0 Å². The fourth-order valence-electron chi connectivity index (χ4n) is 4.98. The van der Waals surface area contributed by atoms with E-state index in [1.165, 1.54) is 0 Å². The molecule has 3 aliphatic rings. The minimum absolute atomic E-state index is 0.0395. The van der Waals surface area contributed by atoms with Crippen LogP contribution in [-0.4, -0.2) is 45.7 Å². The summed E-state index contributed by atoms with van der Waals surface area (Å²) in [4.78, 5) is 18.9. The van der Waals surface area contributed by atoms with E-state index in [-0.39, 0.29) is 17.9 Å². The summed E-state index contributed by atoms with van der Waals surface area (Å²) in [5, 5.41) is 9.84. The molecule has 4 rings (SSSR count). The second-order valence-corrected chi connectivity index (χ2v) is 9.25. The van der Waals surface area contributed by atoms with Crippen molar-refractivity contribution in [2.45, 2.75) is 71.0 Å². The van der Waals surface area contributed by atoms with Gasteiger partial charge in [-0.15, -0.1) is 0 Å². The van der Waals surface area contributed by atoms with E-state index in [0.29, 0.717) is 18.3 Å². The van der Waals surface area contributed by atoms with Crippen molar-refractivity contribution in [3.05, 3.63) is 23.4 Å². The summed E-state index contributed by atoms with van der Waals surface area (Å²) in [5.41, 5.74) is 1.93. The third kappa shape index (κ3) is 3.34. The van der Waals surface area contributed by atoms with Gasteiger partial charge in [-0.3, -0.25) is 4.79 Å². The predicted molar refractivity (Wildman–Crippen MR) is 99.0 cm³/mol. The summed E-state index contributed by atoms with van der Waals surface area (Å²) in [6, 6.07) is 2.11. The first kappa shape index (κ1) is 17.8. The van der Waals surface area contributed by atoms with Crippen LogP contribution in [0.2, 0.25) is 0 Å². The molecule has 1 N–H and O–H groups in total. The second-order valence-electron chi connectivity index (χ2n) is 9.25. The molecule has 26 heavy (non-hydrogen) atoms. The van der Waals surface area contributed by atoms with Gasteiger partial charge in [-0.25, -0.2) is 4.98 Å². The van der Waals surface area contributed by atoms with Crippen LogP contribution in [0.5, 0.6) is 5.88 Å². The zero-order chi connectivity index (χ0) is 18.5. The standard InChI is InChI=1S/C21H30N2O3/c1-14-8-15(2)18(22-11-14)26-17-4-6-21(7-5-17)12-23(13-21)19(24)16-9-20(3,25)10-16/h8,11,16-17,25H,4-7,9-10,12-13H2,1-3H3. The molecule has 1 aliphatic heterocycles. The summed E-state index contributed by atoms with van der Waals surface area (Å²) < 4.78 is 6.15. The molecule has 142 valence electrons. The zero-order valence-electron chi connectivity index (χ0n) is 16.1. The first-order chi connectivity index (χ1) is 12.3. The zero-order valence-corrected chi connectivity index (χ0v) is 16.1. The molecule has 2 aliphatic carbocycles. The highest BCUT2D eigenvalue weighted by molar-refractivity contribution is 5.81. The number of rotatable bonds is 3. The number of aliphatic hydroxyl groups is 1. The number of ether oxygens (including phenoxy) is 1. The molecule has 0 bridgehead atoms. The third-order valence-electron chi connectivity index (χ3n) is 6.52. The normalized spacial score (nSPS) is 30.6. The Hall–Kier alpha value is -1.62. The molecule has 1 saturated heterocycles. The Balaban J connectivity index is 1.25. The third-order valence-corrected chi connectivity index (χ3v) is 6.52. The quantitative estimate of drug-likeness (QED) is 0.902. The van der Waals surface area contributed by atoms with E-state index in [1.54, 1.807) is 0 Å². The number of hydrogen-bond acceptors (Lipinski definition) is 4. The van der Waals surface area contributed by atoms with Gasteiger partial charge in [0.2, 0.25) is 11.8 Å². The maximum absolute atomic E-state index is 12.5. The summed E-state index contributed by atoms with van der Waals surface area (Å²) in [6.07, 6.45) is 7.65. The SMILES string of the molecule is Cc1cnc(OC2CCC3(CC2)CN(C(=O)C2CC(C)(O)C2)C3)c(C)c1. The minimum atomic E-state index is -0.625. The van der Waals surface area contributed by atoms with Gasteiger partial charge in [0.15, 0.2) is 0 Å². The molecule has 5 nitrogen and oxygen atoms in total. The average molecular weight is 358 g/mol. The number of nitrogens with zero attached hydrogens (tertiary/aromatic N) is 2. The Morgan fingerprint density at radius 2 is 1.92 bits per heavy atom. The largest absolute Gasteiger partial charge is 0.474 e. The van der Waals surface area contributed by atoms with E-state index in [4.69, 9.17) is 4.74 Å². The lowest BCUT2D eigenvalue weighted by atomic mass is 9.66. The van der Waals surface area contributed by atoms with Gasteiger partial charge in [0.1, 0.15) is 6.10 Å². The van der Waals surface area contributed by atoms with Gasteiger partial charge in [0, 0.05) is 36.2 Å². The summed E-state index contributed by atoms with van der Waals surface area (Å²) in [7, 11) is 0. The Labute approximate surface area is 155 Å². The van der Waals surface area contributed by atoms with Crippen LogP contribution in [0.25, 0.3) is 0 Å². The number of likely N-dealkylation sites (tertiary alicyclic amines) is 1. The van der Waals surface area contributed by atoms with Crippen LogP contribution in [0.3, 0.4) is 0 Å². The number of aromatic nitrogens is 1. The van der Waals surface area contributed by atoms with Crippen LogP contribution in [0.4, 0.5) is 0 Å². The molecule has 3 fully saturated rings. The first-order valence-electron chi connectivity index (χ1n) is 9.86. The molecule has 0 aromatic carbocycles. The maximum Gasteiger partial charge on any atom is 0.225 e. The molecule has 2 saturated carbocycles. The van der Waals surface area contributed by atoms with Crippen molar-refractivity contribution >= 4 is 5.91 Å². The lowest BCUT2D eigenvalue weighted by Gasteiger charge is -2.55. The van der Waals surface area contributed by atoms with Gasteiger partial charge in [-0.05, 0) is 70.9 Å². The molecular formula is C21H30N2O3. The highest BCUT2D eigenvalue weighted by atomic mass is 16.5. The van der Waals surface area contributed by atoms with Gasteiger partial charge in [-0.1, -0.05) is 0 Å². The first-order valence-corrected chi connectivity index (χ1v) is 9.86. The summed E-state index contributed by atoms with van der Waals surface area (Å²) in [6.45, 7) is 7.69. The molecular weight excluding hydrogens is 328 g/mol. The molecule has 2 heterocycles. The predicted octanol–water partition coefficient (Wildman–Crippen LogP) is 3.01. The van der Waals surface area contributed by atoms with Gasteiger partial charge in [0.05, 0.1) is 5.60 Å². The molecule has 0 radical (unpaired) electrons. The molecule has 1 amide bonds.